The minimum absolute atomic E-state index is 0.176. The van der Waals surface area contributed by atoms with Crippen molar-refractivity contribution in [2.24, 2.45) is 5.73 Å². The molecule has 0 heterocycles. The molecule has 0 fully saturated rings. The van der Waals surface area contributed by atoms with Gasteiger partial charge >= 0.3 is 0 Å². The summed E-state index contributed by atoms with van der Waals surface area (Å²) in [5, 5.41) is 2.87. The highest BCUT2D eigenvalue weighted by molar-refractivity contribution is 5.95. The average Bonchev–Trinajstić information content (AvgIpc) is 2.85. The van der Waals surface area contributed by atoms with Gasteiger partial charge in [0.15, 0.2) is 0 Å². The Kier molecular flexibility index (Phi) is 3.59. The van der Waals surface area contributed by atoms with Crippen LogP contribution in [0.15, 0.2) is 55.1 Å². The quantitative estimate of drug-likeness (QED) is 0.720. The number of nitrogens with two attached hydrogens (primary N) is 1. The van der Waals surface area contributed by atoms with E-state index in [9.17, 15) is 4.79 Å². The number of fused-ring (bicyclic) bond motifs is 3. The van der Waals surface area contributed by atoms with Crippen molar-refractivity contribution in [2.75, 3.05) is 5.32 Å². The van der Waals surface area contributed by atoms with Crippen LogP contribution in [-0.4, -0.2) is 11.9 Å². The third kappa shape index (κ3) is 2.60. The molecule has 0 aromatic heterocycles. The Bertz CT molecular complexity index is 706. The van der Waals surface area contributed by atoms with E-state index in [4.69, 9.17) is 5.73 Å². The molecule has 1 aliphatic rings. The lowest BCUT2D eigenvalue weighted by Gasteiger charge is -2.11. The highest BCUT2D eigenvalue weighted by Gasteiger charge is 2.19. The second-order valence-electron chi connectivity index (χ2n) is 5.33. The Morgan fingerprint density at radius 1 is 1.24 bits per heavy atom. The van der Waals surface area contributed by atoms with Crippen LogP contribution < -0.4 is 11.1 Å². The summed E-state index contributed by atoms with van der Waals surface area (Å²) < 4.78 is 0. The predicted molar refractivity (Wildman–Crippen MR) is 86.1 cm³/mol. The third-order valence-corrected chi connectivity index (χ3v) is 3.82. The molecule has 1 unspecified atom stereocenters. The molecule has 0 saturated heterocycles. The van der Waals surface area contributed by atoms with Gasteiger partial charge < -0.3 is 11.1 Å². The van der Waals surface area contributed by atoms with Crippen LogP contribution in [0.5, 0.6) is 0 Å². The van der Waals surface area contributed by atoms with E-state index < -0.39 is 6.04 Å². The molecule has 1 amide bonds. The largest absolute Gasteiger partial charge is 0.325 e. The van der Waals surface area contributed by atoms with Crippen molar-refractivity contribution in [3.8, 4) is 11.1 Å². The van der Waals surface area contributed by atoms with Crippen molar-refractivity contribution in [3.63, 3.8) is 0 Å². The van der Waals surface area contributed by atoms with E-state index in [2.05, 4.69) is 42.2 Å². The van der Waals surface area contributed by atoms with Gasteiger partial charge in [-0.05, 0) is 47.2 Å². The zero-order valence-electron chi connectivity index (χ0n) is 11.8. The summed E-state index contributed by atoms with van der Waals surface area (Å²) in [6, 6.07) is 13.9. The van der Waals surface area contributed by atoms with Crippen LogP contribution in [0.25, 0.3) is 11.1 Å². The monoisotopic (exact) mass is 278 g/mol. The lowest BCUT2D eigenvalue weighted by atomic mass is 10.1. The molecule has 2 aromatic carbocycles. The molecule has 3 heteroatoms. The van der Waals surface area contributed by atoms with Gasteiger partial charge in [0.05, 0.1) is 6.04 Å². The van der Waals surface area contributed by atoms with Crippen LogP contribution in [0.1, 0.15) is 17.5 Å². The lowest BCUT2D eigenvalue weighted by Crippen LogP contribution is -2.35. The van der Waals surface area contributed by atoms with Crippen LogP contribution in [0.3, 0.4) is 0 Å². The topological polar surface area (TPSA) is 55.1 Å². The van der Waals surface area contributed by atoms with Crippen molar-refractivity contribution in [1.82, 2.24) is 0 Å². The molecule has 0 radical (unpaired) electrons. The van der Waals surface area contributed by atoms with Crippen LogP contribution >= 0.6 is 0 Å². The average molecular weight is 278 g/mol. The smallest absolute Gasteiger partial charge is 0.241 e. The second-order valence-corrected chi connectivity index (χ2v) is 5.33. The summed E-state index contributed by atoms with van der Waals surface area (Å²) in [5.41, 5.74) is 11.7. The Labute approximate surface area is 124 Å². The van der Waals surface area contributed by atoms with Crippen molar-refractivity contribution in [2.45, 2.75) is 18.9 Å². The maximum absolute atomic E-state index is 11.9. The molecular weight excluding hydrogens is 260 g/mol. The predicted octanol–water partition coefficient (Wildman–Crippen LogP) is 3.10. The molecule has 0 saturated carbocycles. The zero-order chi connectivity index (χ0) is 14.8. The standard InChI is InChI=1S/C18H18N2O/c1-2-5-17(19)18(21)20-14-8-9-16-13(11-14)10-12-6-3-4-7-15(12)16/h2-4,6-9,11,17H,1,5,10,19H2,(H,20,21). The van der Waals surface area contributed by atoms with Gasteiger partial charge in [0.2, 0.25) is 5.91 Å². The maximum Gasteiger partial charge on any atom is 0.241 e. The SMILES string of the molecule is C=CCC(N)C(=O)Nc1ccc2c(c1)Cc1ccccc1-2. The number of rotatable bonds is 4. The second kappa shape index (κ2) is 5.54. The van der Waals surface area contributed by atoms with Gasteiger partial charge in [-0.25, -0.2) is 0 Å². The van der Waals surface area contributed by atoms with E-state index in [0.717, 1.165) is 12.1 Å². The van der Waals surface area contributed by atoms with Gasteiger partial charge in [0, 0.05) is 5.69 Å². The fourth-order valence-electron chi connectivity index (χ4n) is 2.74. The molecule has 1 aliphatic carbocycles. The number of carbonyl (C=O) groups excluding carboxylic acids is 1. The molecule has 0 bridgehead atoms. The molecule has 3 nitrogen and oxygen atoms in total. The van der Waals surface area contributed by atoms with Gasteiger partial charge in [-0.15, -0.1) is 6.58 Å². The van der Waals surface area contributed by atoms with Crippen molar-refractivity contribution >= 4 is 11.6 Å². The Morgan fingerprint density at radius 2 is 2.00 bits per heavy atom. The van der Waals surface area contributed by atoms with E-state index in [1.165, 1.54) is 22.3 Å². The van der Waals surface area contributed by atoms with E-state index in [0.29, 0.717) is 6.42 Å². The first kappa shape index (κ1) is 13.6. The van der Waals surface area contributed by atoms with Gasteiger partial charge in [-0.1, -0.05) is 36.4 Å². The summed E-state index contributed by atoms with van der Waals surface area (Å²) in [4.78, 5) is 11.9. The number of carbonyl (C=O) groups is 1. The van der Waals surface area contributed by atoms with Gasteiger partial charge in [0.25, 0.3) is 0 Å². The first-order chi connectivity index (χ1) is 10.2. The molecule has 3 rings (SSSR count). The van der Waals surface area contributed by atoms with Crippen molar-refractivity contribution < 1.29 is 4.79 Å². The summed E-state index contributed by atoms with van der Waals surface area (Å²) in [6.45, 7) is 3.60. The van der Waals surface area contributed by atoms with E-state index in [-0.39, 0.29) is 5.91 Å². The number of benzene rings is 2. The van der Waals surface area contributed by atoms with Gasteiger partial charge in [-0.2, -0.15) is 0 Å². The lowest BCUT2D eigenvalue weighted by molar-refractivity contribution is -0.117. The van der Waals surface area contributed by atoms with E-state index in [1.54, 1.807) is 6.08 Å². The van der Waals surface area contributed by atoms with Crippen LogP contribution in [-0.2, 0) is 11.2 Å². The van der Waals surface area contributed by atoms with Crippen LogP contribution in [0, 0.1) is 0 Å². The summed E-state index contributed by atoms with van der Waals surface area (Å²) >= 11 is 0. The third-order valence-electron chi connectivity index (χ3n) is 3.82. The molecule has 3 N–H and O–H groups in total. The van der Waals surface area contributed by atoms with Gasteiger partial charge in [-0.3, -0.25) is 4.79 Å². The normalized spacial score (nSPS) is 13.2. The molecule has 0 aliphatic heterocycles. The minimum atomic E-state index is -0.548. The van der Waals surface area contributed by atoms with Crippen LogP contribution in [0.4, 0.5) is 5.69 Å². The highest BCUT2D eigenvalue weighted by atomic mass is 16.2. The molecule has 0 spiro atoms. The number of hydrogen-bond acceptors (Lipinski definition) is 2. The highest BCUT2D eigenvalue weighted by Crippen LogP contribution is 2.37. The summed E-state index contributed by atoms with van der Waals surface area (Å²) in [7, 11) is 0. The van der Waals surface area contributed by atoms with Crippen molar-refractivity contribution in [1.29, 1.82) is 0 Å². The first-order valence-electron chi connectivity index (χ1n) is 7.07. The Morgan fingerprint density at radius 3 is 2.81 bits per heavy atom. The number of nitrogens with one attached hydrogen (secondary N) is 1. The molecule has 21 heavy (non-hydrogen) atoms. The fourth-order valence-corrected chi connectivity index (χ4v) is 2.74. The van der Waals surface area contributed by atoms with Gasteiger partial charge in [0.1, 0.15) is 0 Å². The number of hydrogen-bond donors (Lipinski definition) is 2. The minimum Gasteiger partial charge on any atom is -0.325 e. The molecular formula is C18H18N2O. The first-order valence-corrected chi connectivity index (χ1v) is 7.07. The van der Waals surface area contributed by atoms with Crippen molar-refractivity contribution in [3.05, 3.63) is 66.2 Å². The summed E-state index contributed by atoms with van der Waals surface area (Å²) in [5.74, 6) is -0.176. The molecule has 106 valence electrons. The van der Waals surface area contributed by atoms with Crippen LogP contribution in [0.2, 0.25) is 0 Å². The Balaban J connectivity index is 1.81. The maximum atomic E-state index is 11.9. The number of amides is 1. The Hall–Kier alpha value is -2.39. The number of anilines is 1. The molecule has 1 atom stereocenters. The summed E-state index contributed by atoms with van der Waals surface area (Å²) in [6.07, 6.45) is 3.04. The van der Waals surface area contributed by atoms with E-state index >= 15 is 0 Å². The van der Waals surface area contributed by atoms with E-state index in [1.807, 2.05) is 12.1 Å². The molecule has 2 aromatic rings. The zero-order valence-corrected chi connectivity index (χ0v) is 11.8. The fraction of sp³-hybridized carbons (Fsp3) is 0.167.